The number of halogens is 1. The Labute approximate surface area is 125 Å². The highest BCUT2D eigenvalue weighted by Crippen LogP contribution is 2.23. The van der Waals surface area contributed by atoms with Crippen molar-refractivity contribution in [1.29, 1.82) is 5.26 Å². The predicted octanol–water partition coefficient (Wildman–Crippen LogP) is 2.78. The van der Waals surface area contributed by atoms with Gasteiger partial charge in [0.1, 0.15) is 6.07 Å². The summed E-state index contributed by atoms with van der Waals surface area (Å²) >= 11 is 5.98. The lowest BCUT2D eigenvalue weighted by Gasteiger charge is -2.23. The van der Waals surface area contributed by atoms with Crippen molar-refractivity contribution in [3.63, 3.8) is 0 Å². The second-order valence-corrected chi connectivity index (χ2v) is 5.28. The Bertz CT molecular complexity index is 467. The Balaban J connectivity index is 1.68. The van der Waals surface area contributed by atoms with Crippen LogP contribution in [0.25, 0.3) is 0 Å². The van der Waals surface area contributed by atoms with E-state index in [9.17, 15) is 0 Å². The Morgan fingerprint density at radius 3 is 2.95 bits per heavy atom. The molecule has 2 rings (SSSR count). The molecule has 108 valence electrons. The summed E-state index contributed by atoms with van der Waals surface area (Å²) in [5, 5.41) is 16.1. The van der Waals surface area contributed by atoms with Gasteiger partial charge in [-0.25, -0.2) is 0 Å². The molecule has 2 N–H and O–H groups in total. The van der Waals surface area contributed by atoms with Crippen LogP contribution in [0, 0.1) is 11.3 Å². The van der Waals surface area contributed by atoms with E-state index >= 15 is 0 Å². The molecule has 0 bridgehead atoms. The summed E-state index contributed by atoms with van der Waals surface area (Å²) in [5.41, 5.74) is 1.30. The Morgan fingerprint density at radius 2 is 2.20 bits per heavy atom. The van der Waals surface area contributed by atoms with Crippen LogP contribution in [0.2, 0.25) is 5.02 Å². The van der Waals surface area contributed by atoms with Gasteiger partial charge in [-0.3, -0.25) is 0 Å². The molecule has 4 nitrogen and oxygen atoms in total. The highest BCUT2D eigenvalue weighted by atomic mass is 35.5. The molecule has 20 heavy (non-hydrogen) atoms. The number of nitriles is 1. The van der Waals surface area contributed by atoms with Crippen molar-refractivity contribution in [3.05, 3.63) is 28.8 Å². The maximum atomic E-state index is 9.07. The van der Waals surface area contributed by atoms with Crippen molar-refractivity contribution < 1.29 is 4.74 Å². The van der Waals surface area contributed by atoms with Gasteiger partial charge < -0.3 is 15.4 Å². The van der Waals surface area contributed by atoms with E-state index in [-0.39, 0.29) is 0 Å². The smallest absolute Gasteiger partial charge is 0.103 e. The van der Waals surface area contributed by atoms with Crippen molar-refractivity contribution >= 4 is 17.3 Å². The molecule has 0 aromatic heterocycles. The number of ether oxygens (including phenoxy) is 1. The molecule has 1 saturated heterocycles. The summed E-state index contributed by atoms with van der Waals surface area (Å²) in [4.78, 5) is 0. The van der Waals surface area contributed by atoms with Gasteiger partial charge in [0.05, 0.1) is 22.4 Å². The van der Waals surface area contributed by atoms with Crippen molar-refractivity contribution in [2.45, 2.75) is 25.4 Å². The first-order valence-corrected chi connectivity index (χ1v) is 7.44. The van der Waals surface area contributed by atoms with Crippen molar-refractivity contribution in [2.75, 3.05) is 31.6 Å². The molecule has 0 unspecified atom stereocenters. The lowest BCUT2D eigenvalue weighted by molar-refractivity contribution is 0.0329. The summed E-state index contributed by atoms with van der Waals surface area (Å²) in [6, 6.07) is 7.57. The van der Waals surface area contributed by atoms with E-state index in [0.717, 1.165) is 51.2 Å². The number of hydrogen-bond donors (Lipinski definition) is 2. The molecule has 1 aromatic carbocycles. The molecule has 1 heterocycles. The second-order valence-electron chi connectivity index (χ2n) is 4.87. The summed E-state index contributed by atoms with van der Waals surface area (Å²) < 4.78 is 5.83. The zero-order valence-electron chi connectivity index (χ0n) is 11.5. The normalized spacial score (nSPS) is 15.8. The fraction of sp³-hybridized carbons (Fsp3) is 0.533. The van der Waals surface area contributed by atoms with E-state index in [4.69, 9.17) is 21.6 Å². The van der Waals surface area contributed by atoms with Crippen LogP contribution in [0.15, 0.2) is 18.2 Å². The first-order valence-electron chi connectivity index (χ1n) is 7.06. The summed E-state index contributed by atoms with van der Waals surface area (Å²) in [7, 11) is 0. The molecule has 0 spiro atoms. The number of anilines is 1. The van der Waals surface area contributed by atoms with Gasteiger partial charge in [0.15, 0.2) is 0 Å². The van der Waals surface area contributed by atoms with Crippen LogP contribution in [-0.2, 0) is 4.74 Å². The number of nitrogens with zero attached hydrogens (tertiary/aromatic N) is 1. The van der Waals surface area contributed by atoms with Crippen LogP contribution in [-0.4, -0.2) is 32.3 Å². The summed E-state index contributed by atoms with van der Waals surface area (Å²) in [5.74, 6) is 0. The Hall–Kier alpha value is -1.28. The highest BCUT2D eigenvalue weighted by molar-refractivity contribution is 6.32. The van der Waals surface area contributed by atoms with Gasteiger partial charge in [-0.05, 0) is 44.5 Å². The SMILES string of the molecule is N#Cc1c(Cl)cccc1NCCCOC1CCNCC1. The van der Waals surface area contributed by atoms with E-state index in [1.54, 1.807) is 6.07 Å². The van der Waals surface area contributed by atoms with E-state index in [1.165, 1.54) is 0 Å². The monoisotopic (exact) mass is 293 g/mol. The minimum atomic E-state index is 0.400. The third-order valence-electron chi connectivity index (χ3n) is 3.40. The van der Waals surface area contributed by atoms with Crippen LogP contribution in [0.5, 0.6) is 0 Å². The van der Waals surface area contributed by atoms with Gasteiger partial charge in [-0.1, -0.05) is 17.7 Å². The highest BCUT2D eigenvalue weighted by Gasteiger charge is 2.12. The summed E-state index contributed by atoms with van der Waals surface area (Å²) in [6.07, 6.45) is 3.51. The standard InChI is InChI=1S/C15H20ClN3O/c16-14-3-1-4-15(13(14)11-17)19-7-2-10-20-12-5-8-18-9-6-12/h1,3-4,12,18-19H,2,5-10H2. The zero-order chi connectivity index (χ0) is 14.2. The average molecular weight is 294 g/mol. The Morgan fingerprint density at radius 1 is 1.40 bits per heavy atom. The van der Waals surface area contributed by atoms with Gasteiger partial charge in [-0.2, -0.15) is 5.26 Å². The first kappa shape index (κ1) is 15.1. The quantitative estimate of drug-likeness (QED) is 0.792. The molecule has 1 aromatic rings. The molecule has 1 aliphatic heterocycles. The lowest BCUT2D eigenvalue weighted by Crippen LogP contribution is -2.32. The average Bonchev–Trinajstić information content (AvgIpc) is 2.48. The Kier molecular flexibility index (Phi) is 6.13. The van der Waals surface area contributed by atoms with Gasteiger partial charge in [0.25, 0.3) is 0 Å². The van der Waals surface area contributed by atoms with Gasteiger partial charge in [-0.15, -0.1) is 0 Å². The summed E-state index contributed by atoms with van der Waals surface area (Å²) in [6.45, 7) is 3.63. The van der Waals surface area contributed by atoms with Crippen molar-refractivity contribution in [3.8, 4) is 6.07 Å². The maximum Gasteiger partial charge on any atom is 0.103 e. The number of hydrogen-bond acceptors (Lipinski definition) is 4. The van der Waals surface area contributed by atoms with Crippen molar-refractivity contribution in [2.24, 2.45) is 0 Å². The lowest BCUT2D eigenvalue weighted by atomic mass is 10.1. The molecular weight excluding hydrogens is 274 g/mol. The minimum absolute atomic E-state index is 0.400. The predicted molar refractivity (Wildman–Crippen MR) is 81.1 cm³/mol. The van der Waals surface area contributed by atoms with Crippen LogP contribution in [0.1, 0.15) is 24.8 Å². The van der Waals surface area contributed by atoms with Crippen LogP contribution in [0.3, 0.4) is 0 Å². The van der Waals surface area contributed by atoms with Crippen molar-refractivity contribution in [1.82, 2.24) is 5.32 Å². The largest absolute Gasteiger partial charge is 0.384 e. The molecule has 0 radical (unpaired) electrons. The second kappa shape index (κ2) is 8.11. The fourth-order valence-electron chi connectivity index (χ4n) is 2.29. The number of piperidine rings is 1. The van der Waals surface area contributed by atoms with E-state index in [1.807, 2.05) is 12.1 Å². The maximum absolute atomic E-state index is 9.07. The molecule has 0 aliphatic carbocycles. The van der Waals surface area contributed by atoms with Crippen LogP contribution >= 0.6 is 11.6 Å². The van der Waals surface area contributed by atoms with E-state index < -0.39 is 0 Å². The zero-order valence-corrected chi connectivity index (χ0v) is 12.2. The fourth-order valence-corrected chi connectivity index (χ4v) is 2.51. The molecule has 1 fully saturated rings. The van der Waals surface area contributed by atoms with Crippen LogP contribution < -0.4 is 10.6 Å². The molecule has 5 heteroatoms. The topological polar surface area (TPSA) is 57.1 Å². The number of rotatable bonds is 6. The first-order chi connectivity index (χ1) is 9.81. The number of nitrogens with one attached hydrogen (secondary N) is 2. The third-order valence-corrected chi connectivity index (χ3v) is 3.72. The third kappa shape index (κ3) is 4.38. The molecule has 0 saturated carbocycles. The molecular formula is C15H20ClN3O. The van der Waals surface area contributed by atoms with Gasteiger partial charge in [0.2, 0.25) is 0 Å². The molecule has 0 amide bonds. The van der Waals surface area contributed by atoms with E-state index in [2.05, 4.69) is 16.7 Å². The minimum Gasteiger partial charge on any atom is -0.384 e. The van der Waals surface area contributed by atoms with E-state index in [0.29, 0.717) is 16.7 Å². The molecule has 0 atom stereocenters. The number of benzene rings is 1. The van der Waals surface area contributed by atoms with Gasteiger partial charge >= 0.3 is 0 Å². The van der Waals surface area contributed by atoms with Gasteiger partial charge in [0, 0.05) is 13.2 Å². The molecule has 1 aliphatic rings. The van der Waals surface area contributed by atoms with Crippen LogP contribution in [0.4, 0.5) is 5.69 Å².